The molecule has 0 aliphatic heterocycles. The van der Waals surface area contributed by atoms with Gasteiger partial charge in [-0.15, -0.1) is 0 Å². The minimum absolute atomic E-state index is 0.0583. The molecular formula is C24H22O5S. The number of carbonyl (C=O) groups excluding carboxylic acids is 1. The fourth-order valence-electron chi connectivity index (χ4n) is 2.84. The number of ether oxygens (including phenoxy) is 1. The molecule has 0 aliphatic rings. The molecular weight excluding hydrogens is 400 g/mol. The molecule has 30 heavy (non-hydrogen) atoms. The third-order valence-electron chi connectivity index (χ3n) is 4.53. The molecule has 154 valence electrons. The molecule has 6 heteroatoms. The molecule has 0 saturated heterocycles. The Morgan fingerprint density at radius 1 is 0.900 bits per heavy atom. The summed E-state index contributed by atoms with van der Waals surface area (Å²) in [5.41, 5.74) is 3.15. The lowest BCUT2D eigenvalue weighted by atomic mass is 10.0. The second-order valence-corrected chi connectivity index (χ2v) is 8.32. The van der Waals surface area contributed by atoms with E-state index in [1.807, 2.05) is 32.0 Å². The van der Waals surface area contributed by atoms with Crippen LogP contribution in [0, 0.1) is 13.8 Å². The summed E-state index contributed by atoms with van der Waals surface area (Å²) in [6.07, 6.45) is 3.12. The van der Waals surface area contributed by atoms with E-state index in [9.17, 15) is 13.2 Å². The lowest BCUT2D eigenvalue weighted by molar-refractivity contribution is 0.104. The van der Waals surface area contributed by atoms with E-state index < -0.39 is 10.1 Å². The highest BCUT2D eigenvalue weighted by Gasteiger charge is 2.19. The molecule has 0 N–H and O–H groups in total. The van der Waals surface area contributed by atoms with E-state index in [-0.39, 0.29) is 22.2 Å². The second-order valence-electron chi connectivity index (χ2n) is 6.77. The molecule has 0 saturated carbocycles. The number of carbonyl (C=O) groups is 1. The van der Waals surface area contributed by atoms with E-state index in [0.29, 0.717) is 11.1 Å². The van der Waals surface area contributed by atoms with Gasteiger partial charge in [-0.05, 0) is 55.3 Å². The van der Waals surface area contributed by atoms with Crippen LogP contribution in [-0.4, -0.2) is 21.3 Å². The standard InChI is InChI=1S/C24H22O5S/c1-17-8-12-20(13-9-17)30(26,27)29-23-15-11-19(16-24(23)28-3)10-14-22(25)21-7-5-4-6-18(21)2/h4-16H,1-3H3/b14-10+. The Kier molecular flexibility index (Phi) is 6.37. The van der Waals surface area contributed by atoms with Crippen molar-refractivity contribution in [2.75, 3.05) is 7.11 Å². The minimum Gasteiger partial charge on any atom is -0.493 e. The van der Waals surface area contributed by atoms with Crippen molar-refractivity contribution >= 4 is 22.0 Å². The number of ketones is 1. The molecule has 3 aromatic carbocycles. The molecule has 5 nitrogen and oxygen atoms in total. The van der Waals surface area contributed by atoms with Crippen LogP contribution in [0.2, 0.25) is 0 Å². The van der Waals surface area contributed by atoms with Crippen molar-refractivity contribution in [3.05, 3.63) is 95.1 Å². The Hall–Kier alpha value is -3.38. The Balaban J connectivity index is 1.82. The molecule has 0 radical (unpaired) electrons. The van der Waals surface area contributed by atoms with Crippen molar-refractivity contribution in [2.24, 2.45) is 0 Å². The fourth-order valence-corrected chi connectivity index (χ4v) is 3.78. The van der Waals surface area contributed by atoms with Gasteiger partial charge in [0.25, 0.3) is 0 Å². The first kappa shape index (κ1) is 21.3. The van der Waals surface area contributed by atoms with Crippen LogP contribution in [0.15, 0.2) is 77.7 Å². The van der Waals surface area contributed by atoms with E-state index in [1.165, 1.54) is 31.4 Å². The molecule has 0 amide bonds. The first-order chi connectivity index (χ1) is 14.3. The molecule has 0 spiro atoms. The Morgan fingerprint density at radius 3 is 2.27 bits per heavy atom. The molecule has 0 unspecified atom stereocenters. The van der Waals surface area contributed by atoms with E-state index >= 15 is 0 Å². The summed E-state index contributed by atoms with van der Waals surface area (Å²) in [7, 11) is -2.57. The zero-order valence-electron chi connectivity index (χ0n) is 17.0. The number of aryl methyl sites for hydroxylation is 2. The largest absolute Gasteiger partial charge is 0.493 e. The summed E-state index contributed by atoms with van der Waals surface area (Å²) in [4.78, 5) is 12.5. The summed E-state index contributed by atoms with van der Waals surface area (Å²) in [6.45, 7) is 3.75. The first-order valence-corrected chi connectivity index (χ1v) is 10.7. The number of hydrogen-bond donors (Lipinski definition) is 0. The number of benzene rings is 3. The van der Waals surface area contributed by atoms with E-state index in [4.69, 9.17) is 8.92 Å². The van der Waals surface area contributed by atoms with Crippen molar-refractivity contribution in [3.63, 3.8) is 0 Å². The highest BCUT2D eigenvalue weighted by atomic mass is 32.2. The monoisotopic (exact) mass is 422 g/mol. The molecule has 0 aromatic heterocycles. The summed E-state index contributed by atoms with van der Waals surface area (Å²) >= 11 is 0. The minimum atomic E-state index is -3.99. The molecule has 3 aromatic rings. The third-order valence-corrected chi connectivity index (χ3v) is 5.78. The van der Waals surface area contributed by atoms with Crippen molar-refractivity contribution < 1.29 is 22.1 Å². The van der Waals surface area contributed by atoms with E-state index in [0.717, 1.165) is 11.1 Å². The van der Waals surface area contributed by atoms with Crippen molar-refractivity contribution in [2.45, 2.75) is 18.7 Å². The van der Waals surface area contributed by atoms with Gasteiger partial charge < -0.3 is 8.92 Å². The Morgan fingerprint density at radius 2 is 1.60 bits per heavy atom. The first-order valence-electron chi connectivity index (χ1n) is 9.27. The molecule has 0 atom stereocenters. The topological polar surface area (TPSA) is 69.7 Å². The van der Waals surface area contributed by atoms with Gasteiger partial charge in [-0.3, -0.25) is 4.79 Å². The summed E-state index contributed by atoms with van der Waals surface area (Å²) in [5.74, 6) is 0.200. The van der Waals surface area contributed by atoms with Crippen molar-refractivity contribution in [1.29, 1.82) is 0 Å². The van der Waals surface area contributed by atoms with Crippen LogP contribution >= 0.6 is 0 Å². The molecule has 0 heterocycles. The van der Waals surface area contributed by atoms with Gasteiger partial charge in [0.05, 0.1) is 7.11 Å². The van der Waals surface area contributed by atoms with E-state index in [1.54, 1.807) is 36.4 Å². The van der Waals surface area contributed by atoms with Gasteiger partial charge >= 0.3 is 10.1 Å². The van der Waals surface area contributed by atoms with Crippen LogP contribution < -0.4 is 8.92 Å². The van der Waals surface area contributed by atoms with Crippen LogP contribution in [0.3, 0.4) is 0 Å². The second kappa shape index (κ2) is 8.97. The highest BCUT2D eigenvalue weighted by molar-refractivity contribution is 7.87. The fraction of sp³-hybridized carbons (Fsp3) is 0.125. The molecule has 0 bridgehead atoms. The normalized spacial score (nSPS) is 11.4. The average Bonchev–Trinajstić information content (AvgIpc) is 2.73. The van der Waals surface area contributed by atoms with Gasteiger partial charge in [-0.2, -0.15) is 8.42 Å². The maximum absolute atomic E-state index is 12.5. The van der Waals surface area contributed by atoms with E-state index in [2.05, 4.69) is 0 Å². The zero-order chi connectivity index (χ0) is 21.7. The van der Waals surface area contributed by atoms with Crippen LogP contribution in [0.5, 0.6) is 11.5 Å². The average molecular weight is 423 g/mol. The lowest BCUT2D eigenvalue weighted by Crippen LogP contribution is -2.10. The number of allylic oxidation sites excluding steroid dienone is 1. The smallest absolute Gasteiger partial charge is 0.339 e. The number of rotatable bonds is 7. The highest BCUT2D eigenvalue weighted by Crippen LogP contribution is 2.31. The van der Waals surface area contributed by atoms with Crippen LogP contribution in [0.4, 0.5) is 0 Å². The number of hydrogen-bond acceptors (Lipinski definition) is 5. The van der Waals surface area contributed by atoms with Gasteiger partial charge in [-0.25, -0.2) is 0 Å². The SMILES string of the molecule is COc1cc(/C=C/C(=O)c2ccccc2C)ccc1OS(=O)(=O)c1ccc(C)cc1. The third kappa shape index (κ3) is 4.96. The summed E-state index contributed by atoms with van der Waals surface area (Å²) in [5, 5.41) is 0. The number of methoxy groups -OCH3 is 1. The summed E-state index contributed by atoms with van der Waals surface area (Å²) in [6, 6.07) is 18.5. The predicted octanol–water partition coefficient (Wildman–Crippen LogP) is 4.98. The quantitative estimate of drug-likeness (QED) is 0.305. The maximum atomic E-state index is 12.5. The van der Waals surface area contributed by atoms with Gasteiger partial charge in [0.2, 0.25) is 0 Å². The Labute approximate surface area is 176 Å². The van der Waals surface area contributed by atoms with Crippen LogP contribution in [-0.2, 0) is 10.1 Å². The molecule has 3 rings (SSSR count). The van der Waals surface area contributed by atoms with Crippen molar-refractivity contribution in [1.82, 2.24) is 0 Å². The Bertz CT molecular complexity index is 1190. The zero-order valence-corrected chi connectivity index (χ0v) is 17.8. The lowest BCUT2D eigenvalue weighted by Gasteiger charge is -2.11. The maximum Gasteiger partial charge on any atom is 0.339 e. The van der Waals surface area contributed by atoms with Crippen molar-refractivity contribution in [3.8, 4) is 11.5 Å². The van der Waals surface area contributed by atoms with Gasteiger partial charge in [0.15, 0.2) is 17.3 Å². The predicted molar refractivity (Wildman–Crippen MR) is 117 cm³/mol. The van der Waals surface area contributed by atoms with Gasteiger partial charge in [0, 0.05) is 5.56 Å². The van der Waals surface area contributed by atoms with Gasteiger partial charge in [-0.1, -0.05) is 54.1 Å². The van der Waals surface area contributed by atoms with Crippen LogP contribution in [0.25, 0.3) is 6.08 Å². The molecule has 0 aliphatic carbocycles. The van der Waals surface area contributed by atoms with Gasteiger partial charge in [0.1, 0.15) is 4.90 Å². The van der Waals surface area contributed by atoms with Crippen LogP contribution in [0.1, 0.15) is 27.0 Å². The summed E-state index contributed by atoms with van der Waals surface area (Å²) < 4.78 is 35.6. The molecule has 0 fully saturated rings.